The molecule has 0 atom stereocenters. The summed E-state index contributed by atoms with van der Waals surface area (Å²) in [5.41, 5.74) is -3.40. The minimum atomic E-state index is -4.22. The number of benzene rings is 1. The second-order valence-electron chi connectivity index (χ2n) is 3.40. The van der Waals surface area contributed by atoms with E-state index >= 15 is 0 Å². The van der Waals surface area contributed by atoms with Crippen molar-refractivity contribution in [3.8, 4) is 5.75 Å². The molecule has 1 N–H and O–H groups in total. The molecule has 0 aliphatic rings. The van der Waals surface area contributed by atoms with Crippen LogP contribution in [-0.2, 0) is 6.54 Å². The zero-order valence-electron chi connectivity index (χ0n) is 9.68. The summed E-state index contributed by atoms with van der Waals surface area (Å²) in [5.74, 6) is 0.282. The van der Waals surface area contributed by atoms with Crippen molar-refractivity contribution in [3.05, 3.63) is 28.8 Å². The fourth-order valence-electron chi connectivity index (χ4n) is 1.35. The third kappa shape index (κ3) is 5.37. The summed E-state index contributed by atoms with van der Waals surface area (Å²) in [5, 5.41) is 3.34. The van der Waals surface area contributed by atoms with E-state index in [1.807, 2.05) is 6.07 Å². The minimum absolute atomic E-state index is 0.0371. The molecule has 0 saturated carbocycles. The molecule has 0 heterocycles. The average Bonchev–Trinajstić information content (AvgIpc) is 2.26. The molecule has 0 aliphatic carbocycles. The van der Waals surface area contributed by atoms with Gasteiger partial charge >= 0.3 is 5.51 Å². The van der Waals surface area contributed by atoms with Crippen molar-refractivity contribution >= 4 is 23.4 Å². The molecule has 7 heteroatoms. The van der Waals surface area contributed by atoms with Crippen LogP contribution in [0.25, 0.3) is 0 Å². The first-order valence-electron chi connectivity index (χ1n) is 5.19. The van der Waals surface area contributed by atoms with E-state index in [0.29, 0.717) is 17.3 Å². The van der Waals surface area contributed by atoms with Crippen molar-refractivity contribution in [1.82, 2.24) is 5.32 Å². The topological polar surface area (TPSA) is 21.3 Å². The van der Waals surface area contributed by atoms with E-state index in [-0.39, 0.29) is 24.1 Å². The van der Waals surface area contributed by atoms with Crippen LogP contribution in [0.1, 0.15) is 5.56 Å². The Morgan fingerprint density at radius 2 is 2.11 bits per heavy atom. The highest BCUT2D eigenvalue weighted by Gasteiger charge is 2.27. The van der Waals surface area contributed by atoms with E-state index in [4.69, 9.17) is 16.3 Å². The third-order valence-electron chi connectivity index (χ3n) is 2.01. The van der Waals surface area contributed by atoms with Gasteiger partial charge in [-0.25, -0.2) is 0 Å². The largest absolute Gasteiger partial charge is 0.491 e. The van der Waals surface area contributed by atoms with E-state index in [1.54, 1.807) is 19.2 Å². The van der Waals surface area contributed by atoms with Gasteiger partial charge in [-0.15, -0.1) is 0 Å². The van der Waals surface area contributed by atoms with Gasteiger partial charge in [-0.1, -0.05) is 23.7 Å². The monoisotopic (exact) mass is 299 g/mol. The molecule has 0 aromatic heterocycles. The highest BCUT2D eigenvalue weighted by Crippen LogP contribution is 2.31. The summed E-state index contributed by atoms with van der Waals surface area (Å²) in [7, 11) is 1.77. The smallest absolute Gasteiger partial charge is 0.441 e. The minimum Gasteiger partial charge on any atom is -0.491 e. The fraction of sp³-hybridized carbons (Fsp3) is 0.455. The molecular weight excluding hydrogens is 287 g/mol. The Balaban J connectivity index is 2.55. The normalized spacial score (nSPS) is 11.6. The first-order valence-corrected chi connectivity index (χ1v) is 6.56. The maximum atomic E-state index is 11.9. The molecule has 0 fully saturated rings. The lowest BCUT2D eigenvalue weighted by molar-refractivity contribution is -0.0329. The van der Waals surface area contributed by atoms with Crippen LogP contribution in [0.5, 0.6) is 5.75 Å². The summed E-state index contributed by atoms with van der Waals surface area (Å²) in [6.45, 7) is 0.507. The lowest BCUT2D eigenvalue weighted by Gasteiger charge is -2.13. The Hall–Kier alpha value is -0.590. The van der Waals surface area contributed by atoms with Crippen LogP contribution in [0.15, 0.2) is 18.2 Å². The maximum Gasteiger partial charge on any atom is 0.441 e. The Bertz CT molecular complexity index is 387. The number of rotatable bonds is 6. The summed E-state index contributed by atoms with van der Waals surface area (Å²) in [6, 6.07) is 5.23. The first-order chi connectivity index (χ1) is 8.44. The van der Waals surface area contributed by atoms with Crippen LogP contribution in [0.3, 0.4) is 0 Å². The molecule has 0 saturated heterocycles. The molecule has 0 bridgehead atoms. The van der Waals surface area contributed by atoms with Crippen LogP contribution in [0.2, 0.25) is 5.02 Å². The summed E-state index contributed by atoms with van der Waals surface area (Å²) < 4.78 is 41.1. The first kappa shape index (κ1) is 15.5. The molecule has 1 rings (SSSR count). The molecule has 0 unspecified atom stereocenters. The van der Waals surface area contributed by atoms with Crippen LogP contribution in [0, 0.1) is 0 Å². The number of hydrogen-bond donors (Lipinski definition) is 1. The Morgan fingerprint density at radius 3 is 2.72 bits per heavy atom. The van der Waals surface area contributed by atoms with Gasteiger partial charge in [0.15, 0.2) is 0 Å². The van der Waals surface area contributed by atoms with Crippen molar-refractivity contribution in [3.63, 3.8) is 0 Å². The van der Waals surface area contributed by atoms with Crippen molar-refractivity contribution in [1.29, 1.82) is 0 Å². The number of hydrogen-bond acceptors (Lipinski definition) is 3. The van der Waals surface area contributed by atoms with E-state index < -0.39 is 5.51 Å². The lowest BCUT2D eigenvalue weighted by atomic mass is 10.2. The van der Waals surface area contributed by atoms with Crippen molar-refractivity contribution in [2.75, 3.05) is 19.4 Å². The van der Waals surface area contributed by atoms with Gasteiger partial charge < -0.3 is 10.1 Å². The number of halogens is 4. The SMILES string of the molecule is CNCc1cccc(Cl)c1OCCSC(F)(F)F. The van der Waals surface area contributed by atoms with Gasteiger partial charge in [-0.3, -0.25) is 0 Å². The van der Waals surface area contributed by atoms with Crippen molar-refractivity contribution in [2.24, 2.45) is 0 Å². The summed E-state index contributed by atoms with van der Waals surface area (Å²) >= 11 is 5.85. The molecule has 1 aromatic rings. The zero-order chi connectivity index (χ0) is 13.6. The van der Waals surface area contributed by atoms with Gasteiger partial charge in [-0.05, 0) is 24.9 Å². The highest BCUT2D eigenvalue weighted by atomic mass is 35.5. The van der Waals surface area contributed by atoms with Crippen LogP contribution < -0.4 is 10.1 Å². The van der Waals surface area contributed by atoms with E-state index in [2.05, 4.69) is 5.32 Å². The van der Waals surface area contributed by atoms with Gasteiger partial charge in [0.1, 0.15) is 5.75 Å². The van der Waals surface area contributed by atoms with Gasteiger partial charge in [0.2, 0.25) is 0 Å². The quantitative estimate of drug-likeness (QED) is 0.810. The molecule has 0 spiro atoms. The predicted octanol–water partition coefficient (Wildman–Crippen LogP) is 3.69. The van der Waals surface area contributed by atoms with Gasteiger partial charge in [0.05, 0.1) is 11.6 Å². The van der Waals surface area contributed by atoms with E-state index in [1.165, 1.54) is 0 Å². The van der Waals surface area contributed by atoms with Crippen LogP contribution in [-0.4, -0.2) is 24.9 Å². The Labute approximate surface area is 113 Å². The van der Waals surface area contributed by atoms with Crippen molar-refractivity contribution < 1.29 is 17.9 Å². The molecule has 18 heavy (non-hydrogen) atoms. The second kappa shape index (κ2) is 7.11. The molecule has 1 aromatic carbocycles. The second-order valence-corrected chi connectivity index (χ2v) is 4.97. The number of para-hydroxylation sites is 1. The van der Waals surface area contributed by atoms with Crippen LogP contribution >= 0.6 is 23.4 Å². The molecule has 2 nitrogen and oxygen atoms in total. The standard InChI is InChI=1S/C11H13ClF3NOS/c1-16-7-8-3-2-4-9(12)10(8)17-5-6-18-11(13,14)15/h2-4,16H,5-7H2,1H3. The van der Waals surface area contributed by atoms with Gasteiger partial charge in [0.25, 0.3) is 0 Å². The number of nitrogens with one attached hydrogen (secondary N) is 1. The Morgan fingerprint density at radius 1 is 1.39 bits per heavy atom. The van der Waals surface area contributed by atoms with Crippen molar-refractivity contribution in [2.45, 2.75) is 12.1 Å². The molecule has 0 aliphatic heterocycles. The van der Waals surface area contributed by atoms with E-state index in [0.717, 1.165) is 5.56 Å². The van der Waals surface area contributed by atoms with Gasteiger partial charge in [-0.2, -0.15) is 13.2 Å². The average molecular weight is 300 g/mol. The van der Waals surface area contributed by atoms with Crippen LogP contribution in [0.4, 0.5) is 13.2 Å². The van der Waals surface area contributed by atoms with Gasteiger partial charge in [0, 0.05) is 17.9 Å². The molecular formula is C11H13ClF3NOS. The summed E-state index contributed by atoms with van der Waals surface area (Å²) in [4.78, 5) is 0. The highest BCUT2D eigenvalue weighted by molar-refractivity contribution is 8.00. The molecule has 102 valence electrons. The third-order valence-corrected chi connectivity index (χ3v) is 3.01. The zero-order valence-corrected chi connectivity index (χ0v) is 11.3. The van der Waals surface area contributed by atoms with E-state index in [9.17, 15) is 13.2 Å². The predicted molar refractivity (Wildman–Crippen MR) is 68.2 cm³/mol. The lowest BCUT2D eigenvalue weighted by Crippen LogP contribution is -2.11. The Kier molecular flexibility index (Phi) is 6.11. The summed E-state index contributed by atoms with van der Waals surface area (Å²) in [6.07, 6.45) is 0. The maximum absolute atomic E-state index is 11.9. The number of alkyl halides is 3. The number of ether oxygens (including phenoxy) is 1. The molecule has 0 radical (unpaired) electrons. The fourth-order valence-corrected chi connectivity index (χ4v) is 1.99. The molecule has 0 amide bonds. The number of thioether (sulfide) groups is 1.